The number of benzene rings is 2. The van der Waals surface area contributed by atoms with Crippen LogP contribution < -0.4 is 0 Å². The summed E-state index contributed by atoms with van der Waals surface area (Å²) in [5.41, 5.74) is 4.56. The predicted molar refractivity (Wildman–Crippen MR) is 94.4 cm³/mol. The summed E-state index contributed by atoms with van der Waals surface area (Å²) in [5, 5.41) is 8.92. The SMILES string of the molecule is Cc1ccc(COCc2cn(Cc3ccc(C(=O)O)cc3)cn2)cc1. The van der Waals surface area contributed by atoms with E-state index in [1.807, 2.05) is 22.9 Å². The van der Waals surface area contributed by atoms with E-state index in [9.17, 15) is 4.79 Å². The standard InChI is InChI=1S/C20H20N2O3/c1-15-2-4-17(5-3-15)12-25-13-19-11-22(14-21-19)10-16-6-8-18(9-7-16)20(23)24/h2-9,11,14H,10,12-13H2,1H3,(H,23,24). The summed E-state index contributed by atoms with van der Waals surface area (Å²) in [6.45, 7) is 3.72. The number of nitrogens with zero attached hydrogens (tertiary/aromatic N) is 2. The van der Waals surface area contributed by atoms with Gasteiger partial charge in [-0.05, 0) is 30.2 Å². The van der Waals surface area contributed by atoms with Crippen molar-refractivity contribution >= 4 is 5.97 Å². The fourth-order valence-corrected chi connectivity index (χ4v) is 2.49. The molecular formula is C20H20N2O3. The van der Waals surface area contributed by atoms with Crippen molar-refractivity contribution in [1.82, 2.24) is 9.55 Å². The van der Waals surface area contributed by atoms with Gasteiger partial charge < -0.3 is 14.4 Å². The number of aryl methyl sites for hydroxylation is 1. The molecule has 0 bridgehead atoms. The van der Waals surface area contributed by atoms with E-state index in [-0.39, 0.29) is 0 Å². The average molecular weight is 336 g/mol. The minimum atomic E-state index is -0.915. The fraction of sp³-hybridized carbons (Fsp3) is 0.200. The third-order valence-corrected chi connectivity index (χ3v) is 3.89. The first-order valence-corrected chi connectivity index (χ1v) is 8.06. The number of hydrogen-bond acceptors (Lipinski definition) is 3. The van der Waals surface area contributed by atoms with Crippen molar-refractivity contribution < 1.29 is 14.6 Å². The highest BCUT2D eigenvalue weighted by Crippen LogP contribution is 2.09. The van der Waals surface area contributed by atoms with E-state index in [1.165, 1.54) is 5.56 Å². The van der Waals surface area contributed by atoms with Gasteiger partial charge in [0.05, 0.1) is 30.8 Å². The molecule has 0 saturated carbocycles. The minimum Gasteiger partial charge on any atom is -0.478 e. The Morgan fingerprint density at radius 2 is 1.72 bits per heavy atom. The van der Waals surface area contributed by atoms with Gasteiger partial charge in [-0.2, -0.15) is 0 Å². The molecule has 0 aliphatic heterocycles. The number of aromatic carboxylic acids is 1. The number of ether oxygens (including phenoxy) is 1. The number of carbonyl (C=O) groups is 1. The van der Waals surface area contributed by atoms with Crippen LogP contribution in [0.1, 0.15) is 32.7 Å². The van der Waals surface area contributed by atoms with Gasteiger partial charge in [0, 0.05) is 12.7 Å². The van der Waals surface area contributed by atoms with Gasteiger partial charge in [-0.1, -0.05) is 42.0 Å². The summed E-state index contributed by atoms with van der Waals surface area (Å²) in [5.74, 6) is -0.915. The molecule has 1 N–H and O–H groups in total. The highest BCUT2D eigenvalue weighted by molar-refractivity contribution is 5.87. The van der Waals surface area contributed by atoms with Crippen LogP contribution in [0, 0.1) is 6.92 Å². The average Bonchev–Trinajstić information content (AvgIpc) is 3.04. The largest absolute Gasteiger partial charge is 0.478 e. The lowest BCUT2D eigenvalue weighted by Gasteiger charge is -2.04. The molecule has 3 rings (SSSR count). The summed E-state index contributed by atoms with van der Waals surface area (Å²) < 4.78 is 7.67. The second-order valence-electron chi connectivity index (χ2n) is 6.02. The molecule has 0 atom stereocenters. The maximum absolute atomic E-state index is 10.9. The van der Waals surface area contributed by atoms with Crippen LogP contribution in [0.3, 0.4) is 0 Å². The zero-order valence-corrected chi connectivity index (χ0v) is 14.1. The normalized spacial score (nSPS) is 10.8. The van der Waals surface area contributed by atoms with Crippen LogP contribution >= 0.6 is 0 Å². The van der Waals surface area contributed by atoms with Crippen molar-refractivity contribution in [2.75, 3.05) is 0 Å². The molecule has 25 heavy (non-hydrogen) atoms. The van der Waals surface area contributed by atoms with Crippen LogP contribution in [-0.4, -0.2) is 20.6 Å². The molecule has 3 aromatic rings. The topological polar surface area (TPSA) is 64.3 Å². The summed E-state index contributed by atoms with van der Waals surface area (Å²) >= 11 is 0. The summed E-state index contributed by atoms with van der Waals surface area (Å²) in [7, 11) is 0. The van der Waals surface area contributed by atoms with Crippen LogP contribution in [0.25, 0.3) is 0 Å². The van der Waals surface area contributed by atoms with Gasteiger partial charge >= 0.3 is 5.97 Å². The lowest BCUT2D eigenvalue weighted by atomic mass is 10.1. The van der Waals surface area contributed by atoms with Crippen LogP contribution in [0.2, 0.25) is 0 Å². The van der Waals surface area contributed by atoms with E-state index in [0.29, 0.717) is 25.3 Å². The van der Waals surface area contributed by atoms with E-state index < -0.39 is 5.97 Å². The smallest absolute Gasteiger partial charge is 0.335 e. The molecule has 1 aromatic heterocycles. The Morgan fingerprint density at radius 3 is 2.40 bits per heavy atom. The molecule has 0 saturated heterocycles. The Labute approximate surface area is 146 Å². The first kappa shape index (κ1) is 16.9. The summed E-state index contributed by atoms with van der Waals surface area (Å²) in [6.07, 6.45) is 3.70. The molecule has 0 aliphatic carbocycles. The van der Waals surface area contributed by atoms with Crippen LogP contribution in [-0.2, 0) is 24.5 Å². The van der Waals surface area contributed by atoms with Gasteiger partial charge in [0.15, 0.2) is 0 Å². The molecule has 0 radical (unpaired) electrons. The number of carboxylic acid groups (broad SMARTS) is 1. The Balaban J connectivity index is 1.51. The number of carboxylic acids is 1. The van der Waals surface area contributed by atoms with Gasteiger partial charge in [-0.25, -0.2) is 9.78 Å². The molecule has 0 unspecified atom stereocenters. The van der Waals surface area contributed by atoms with Gasteiger partial charge in [0.1, 0.15) is 0 Å². The molecule has 1 heterocycles. The number of aromatic nitrogens is 2. The second kappa shape index (κ2) is 7.77. The predicted octanol–water partition coefficient (Wildman–Crippen LogP) is 3.65. The lowest BCUT2D eigenvalue weighted by molar-refractivity contribution is 0.0697. The van der Waals surface area contributed by atoms with Gasteiger partial charge in [-0.3, -0.25) is 0 Å². The number of imidazole rings is 1. The zero-order valence-electron chi connectivity index (χ0n) is 14.1. The Kier molecular flexibility index (Phi) is 5.26. The molecular weight excluding hydrogens is 316 g/mol. The Hall–Kier alpha value is -2.92. The van der Waals surface area contributed by atoms with E-state index >= 15 is 0 Å². The van der Waals surface area contributed by atoms with Gasteiger partial charge in [0.25, 0.3) is 0 Å². The minimum absolute atomic E-state index is 0.291. The van der Waals surface area contributed by atoms with E-state index in [0.717, 1.165) is 16.8 Å². The van der Waals surface area contributed by atoms with Crippen molar-refractivity contribution in [3.8, 4) is 0 Å². The number of rotatable bonds is 7. The maximum Gasteiger partial charge on any atom is 0.335 e. The molecule has 0 aliphatic rings. The lowest BCUT2D eigenvalue weighted by Crippen LogP contribution is -1.99. The first-order chi connectivity index (χ1) is 12.1. The third kappa shape index (κ3) is 4.78. The molecule has 0 spiro atoms. The van der Waals surface area contributed by atoms with Crippen molar-refractivity contribution in [1.29, 1.82) is 0 Å². The Bertz CT molecular complexity index is 836. The van der Waals surface area contributed by atoms with E-state index in [1.54, 1.807) is 18.5 Å². The molecule has 5 heteroatoms. The molecule has 0 amide bonds. The third-order valence-electron chi connectivity index (χ3n) is 3.89. The summed E-state index contributed by atoms with van der Waals surface area (Å²) in [4.78, 5) is 15.2. The molecule has 128 valence electrons. The second-order valence-corrected chi connectivity index (χ2v) is 6.02. The molecule has 0 fully saturated rings. The van der Waals surface area contributed by atoms with Crippen molar-refractivity contribution in [2.24, 2.45) is 0 Å². The summed E-state index contributed by atoms with van der Waals surface area (Å²) in [6, 6.07) is 15.1. The fourth-order valence-electron chi connectivity index (χ4n) is 2.49. The van der Waals surface area contributed by atoms with Gasteiger partial charge in [-0.15, -0.1) is 0 Å². The van der Waals surface area contributed by atoms with Gasteiger partial charge in [0.2, 0.25) is 0 Å². The maximum atomic E-state index is 10.9. The van der Waals surface area contributed by atoms with Crippen molar-refractivity contribution in [3.05, 3.63) is 89.0 Å². The monoisotopic (exact) mass is 336 g/mol. The molecule has 2 aromatic carbocycles. The highest BCUT2D eigenvalue weighted by atomic mass is 16.5. The van der Waals surface area contributed by atoms with Crippen LogP contribution in [0.5, 0.6) is 0 Å². The first-order valence-electron chi connectivity index (χ1n) is 8.06. The van der Waals surface area contributed by atoms with E-state index in [4.69, 9.17) is 9.84 Å². The van der Waals surface area contributed by atoms with Crippen LogP contribution in [0.15, 0.2) is 61.1 Å². The highest BCUT2D eigenvalue weighted by Gasteiger charge is 2.04. The zero-order chi connectivity index (χ0) is 17.6. The number of hydrogen-bond donors (Lipinski definition) is 1. The quantitative estimate of drug-likeness (QED) is 0.715. The van der Waals surface area contributed by atoms with Crippen LogP contribution in [0.4, 0.5) is 0 Å². The molecule has 5 nitrogen and oxygen atoms in total. The van der Waals surface area contributed by atoms with Crippen molar-refractivity contribution in [2.45, 2.75) is 26.7 Å². The van der Waals surface area contributed by atoms with Crippen molar-refractivity contribution in [3.63, 3.8) is 0 Å². The Morgan fingerprint density at radius 1 is 1.04 bits per heavy atom. The van der Waals surface area contributed by atoms with E-state index in [2.05, 4.69) is 36.2 Å².